The lowest BCUT2D eigenvalue weighted by atomic mass is 10.0. The maximum absolute atomic E-state index is 13.7. The fourth-order valence-electron chi connectivity index (χ4n) is 3.92. The van der Waals surface area contributed by atoms with Gasteiger partial charge in [0.15, 0.2) is 0 Å². The van der Waals surface area contributed by atoms with Crippen LogP contribution in [0.4, 0.5) is 0 Å². The second-order valence-corrected chi connectivity index (χ2v) is 8.14. The summed E-state index contributed by atoms with van der Waals surface area (Å²) in [4.78, 5) is 28.9. The Bertz CT molecular complexity index is 1210. The molecule has 0 unspecified atom stereocenters. The van der Waals surface area contributed by atoms with E-state index >= 15 is 0 Å². The molecule has 0 aliphatic carbocycles. The van der Waals surface area contributed by atoms with Crippen LogP contribution in [-0.4, -0.2) is 23.8 Å². The molecule has 0 fully saturated rings. The third kappa shape index (κ3) is 6.38. The van der Waals surface area contributed by atoms with E-state index in [4.69, 9.17) is 9.15 Å². The summed E-state index contributed by atoms with van der Waals surface area (Å²) >= 11 is 0. The summed E-state index contributed by atoms with van der Waals surface area (Å²) in [5, 5.41) is 2.94. The Hall–Kier alpha value is -4.32. The maximum Gasteiger partial charge on any atom is 0.247 e. The Morgan fingerprint density at radius 3 is 2.17 bits per heavy atom. The van der Waals surface area contributed by atoms with E-state index in [0.717, 1.165) is 22.4 Å². The zero-order valence-electron chi connectivity index (χ0n) is 19.6. The van der Waals surface area contributed by atoms with Gasteiger partial charge < -0.3 is 19.4 Å². The molecule has 0 aliphatic rings. The highest BCUT2D eigenvalue weighted by atomic mass is 16.5. The summed E-state index contributed by atoms with van der Waals surface area (Å²) in [6, 6.07) is 29.2. The van der Waals surface area contributed by atoms with Crippen molar-refractivity contribution in [2.45, 2.75) is 25.6 Å². The van der Waals surface area contributed by atoms with Crippen molar-refractivity contribution in [1.82, 2.24) is 10.2 Å². The summed E-state index contributed by atoms with van der Waals surface area (Å²) in [6.07, 6.45) is 1.75. The summed E-state index contributed by atoms with van der Waals surface area (Å²) in [6.45, 7) is 0.502. The molecule has 1 aromatic heterocycles. The highest BCUT2D eigenvalue weighted by Gasteiger charge is 2.31. The van der Waals surface area contributed by atoms with E-state index in [1.54, 1.807) is 30.4 Å². The molecule has 2 amide bonds. The molecular weight excluding hydrogens is 440 g/mol. The molecule has 1 heterocycles. The van der Waals surface area contributed by atoms with E-state index in [2.05, 4.69) is 5.32 Å². The summed E-state index contributed by atoms with van der Waals surface area (Å²) in [5.74, 6) is 0.950. The fourth-order valence-corrected chi connectivity index (χ4v) is 3.92. The largest absolute Gasteiger partial charge is 0.497 e. The van der Waals surface area contributed by atoms with Crippen molar-refractivity contribution in [1.29, 1.82) is 0 Å². The van der Waals surface area contributed by atoms with Gasteiger partial charge in [0.05, 0.1) is 26.3 Å². The highest BCUT2D eigenvalue weighted by Crippen LogP contribution is 2.26. The van der Waals surface area contributed by atoms with Crippen LogP contribution in [0.1, 0.15) is 28.5 Å². The van der Waals surface area contributed by atoms with E-state index in [1.165, 1.54) is 0 Å². The van der Waals surface area contributed by atoms with Crippen LogP contribution >= 0.6 is 0 Å². The summed E-state index contributed by atoms with van der Waals surface area (Å²) in [5.41, 5.74) is 2.52. The monoisotopic (exact) mass is 468 g/mol. The van der Waals surface area contributed by atoms with Crippen molar-refractivity contribution in [3.8, 4) is 5.75 Å². The minimum Gasteiger partial charge on any atom is -0.497 e. The van der Waals surface area contributed by atoms with Crippen LogP contribution in [0, 0.1) is 0 Å². The van der Waals surface area contributed by atoms with E-state index in [9.17, 15) is 9.59 Å². The van der Waals surface area contributed by atoms with Gasteiger partial charge >= 0.3 is 0 Å². The number of methoxy groups -OCH3 is 1. The SMILES string of the molecule is COc1ccc(CN(C(=O)Cc2ccccc2)[C@H](C(=O)NCc2ccco2)c2ccccc2)cc1. The van der Waals surface area contributed by atoms with Crippen LogP contribution in [0.15, 0.2) is 108 Å². The molecule has 6 nitrogen and oxygen atoms in total. The Labute approximate surface area is 205 Å². The molecule has 0 aliphatic heterocycles. The molecule has 4 aromatic rings. The molecule has 0 saturated carbocycles. The predicted molar refractivity (Wildman–Crippen MR) is 133 cm³/mol. The summed E-state index contributed by atoms with van der Waals surface area (Å²) < 4.78 is 10.6. The number of nitrogens with zero attached hydrogens (tertiary/aromatic N) is 1. The topological polar surface area (TPSA) is 71.8 Å². The molecule has 1 N–H and O–H groups in total. The van der Waals surface area contributed by atoms with Crippen molar-refractivity contribution < 1.29 is 18.7 Å². The van der Waals surface area contributed by atoms with Crippen LogP contribution in [0.2, 0.25) is 0 Å². The van der Waals surface area contributed by atoms with Gasteiger partial charge in [-0.3, -0.25) is 9.59 Å². The smallest absolute Gasteiger partial charge is 0.247 e. The predicted octanol–water partition coefficient (Wildman–Crippen LogP) is 4.92. The molecule has 6 heteroatoms. The van der Waals surface area contributed by atoms with Crippen molar-refractivity contribution in [2.75, 3.05) is 7.11 Å². The van der Waals surface area contributed by atoms with Crippen LogP contribution in [0.3, 0.4) is 0 Å². The molecule has 0 saturated heterocycles. The number of benzene rings is 3. The Morgan fingerprint density at radius 2 is 1.54 bits per heavy atom. The Kier molecular flexibility index (Phi) is 7.96. The highest BCUT2D eigenvalue weighted by molar-refractivity contribution is 5.89. The van der Waals surface area contributed by atoms with Gasteiger partial charge in [0.2, 0.25) is 11.8 Å². The van der Waals surface area contributed by atoms with Crippen molar-refractivity contribution in [3.63, 3.8) is 0 Å². The maximum atomic E-state index is 13.7. The number of ether oxygens (including phenoxy) is 1. The minimum absolute atomic E-state index is 0.144. The van der Waals surface area contributed by atoms with Gasteiger partial charge in [-0.15, -0.1) is 0 Å². The molecular formula is C29H28N2O4. The molecule has 1 atom stereocenters. The van der Waals surface area contributed by atoms with E-state index in [1.807, 2.05) is 84.9 Å². The first-order valence-electron chi connectivity index (χ1n) is 11.5. The zero-order valence-corrected chi connectivity index (χ0v) is 19.6. The average molecular weight is 469 g/mol. The first kappa shape index (κ1) is 23.8. The molecule has 178 valence electrons. The molecule has 0 bridgehead atoms. The van der Waals surface area contributed by atoms with Gasteiger partial charge in [-0.1, -0.05) is 72.8 Å². The van der Waals surface area contributed by atoms with Gasteiger partial charge in [-0.05, 0) is 41.0 Å². The normalized spacial score (nSPS) is 11.5. The lowest BCUT2D eigenvalue weighted by Crippen LogP contribution is -2.43. The van der Waals surface area contributed by atoms with Gasteiger partial charge in [-0.2, -0.15) is 0 Å². The van der Waals surface area contributed by atoms with Crippen LogP contribution in [-0.2, 0) is 29.1 Å². The van der Waals surface area contributed by atoms with Gasteiger partial charge in [0.25, 0.3) is 0 Å². The number of carbonyl (C=O) groups is 2. The molecule has 3 aromatic carbocycles. The number of furan rings is 1. The van der Waals surface area contributed by atoms with Crippen LogP contribution < -0.4 is 10.1 Å². The lowest BCUT2D eigenvalue weighted by Gasteiger charge is -2.32. The number of carbonyl (C=O) groups excluding carboxylic acids is 2. The Morgan fingerprint density at radius 1 is 0.857 bits per heavy atom. The fraction of sp³-hybridized carbons (Fsp3) is 0.172. The zero-order chi connectivity index (χ0) is 24.5. The van der Waals surface area contributed by atoms with Gasteiger partial charge in [0, 0.05) is 6.54 Å². The minimum atomic E-state index is -0.815. The standard InChI is InChI=1S/C29H28N2O4/c1-34-25-16-14-23(15-17-25)21-31(27(32)19-22-9-4-2-5-10-22)28(24-11-6-3-7-12-24)29(33)30-20-26-13-8-18-35-26/h2-18,28H,19-21H2,1H3,(H,30,33)/t28-/m0/s1. The van der Waals surface area contributed by atoms with E-state index in [-0.39, 0.29) is 31.3 Å². The number of nitrogens with one attached hydrogen (secondary N) is 1. The summed E-state index contributed by atoms with van der Waals surface area (Å²) in [7, 11) is 1.61. The first-order valence-corrected chi connectivity index (χ1v) is 11.5. The van der Waals surface area contributed by atoms with Gasteiger partial charge in [-0.25, -0.2) is 0 Å². The number of amides is 2. The molecule has 35 heavy (non-hydrogen) atoms. The number of rotatable bonds is 10. The second-order valence-electron chi connectivity index (χ2n) is 8.14. The van der Waals surface area contributed by atoms with E-state index < -0.39 is 6.04 Å². The molecule has 4 rings (SSSR count). The quantitative estimate of drug-likeness (QED) is 0.359. The Balaban J connectivity index is 1.66. The third-order valence-corrected chi connectivity index (χ3v) is 5.72. The molecule has 0 radical (unpaired) electrons. The van der Waals surface area contributed by atoms with Gasteiger partial charge in [0.1, 0.15) is 17.6 Å². The lowest BCUT2D eigenvalue weighted by molar-refractivity contribution is -0.141. The number of hydrogen-bond acceptors (Lipinski definition) is 4. The van der Waals surface area contributed by atoms with Crippen molar-refractivity contribution >= 4 is 11.8 Å². The van der Waals surface area contributed by atoms with E-state index in [0.29, 0.717) is 5.76 Å². The van der Waals surface area contributed by atoms with Crippen LogP contribution in [0.5, 0.6) is 5.75 Å². The second kappa shape index (κ2) is 11.7. The van der Waals surface area contributed by atoms with Crippen molar-refractivity contribution in [2.24, 2.45) is 0 Å². The first-order chi connectivity index (χ1) is 17.1. The third-order valence-electron chi connectivity index (χ3n) is 5.72. The molecule has 0 spiro atoms. The average Bonchev–Trinajstić information content (AvgIpc) is 3.42. The van der Waals surface area contributed by atoms with Crippen molar-refractivity contribution in [3.05, 3.63) is 126 Å². The number of hydrogen-bond donors (Lipinski definition) is 1. The van der Waals surface area contributed by atoms with Crippen LogP contribution in [0.25, 0.3) is 0 Å².